The van der Waals surface area contributed by atoms with E-state index in [1.165, 1.54) is 0 Å². The molecule has 0 atom stereocenters. The summed E-state index contributed by atoms with van der Waals surface area (Å²) in [5.74, 6) is 0.803. The number of benzene rings is 2. The maximum absolute atomic E-state index is 13.6. The molecule has 3 heterocycles. The van der Waals surface area contributed by atoms with Crippen LogP contribution in [0.1, 0.15) is 36.8 Å². The highest BCUT2D eigenvalue weighted by molar-refractivity contribution is 6.05. The van der Waals surface area contributed by atoms with Gasteiger partial charge in [-0.05, 0) is 63.7 Å². The maximum atomic E-state index is 13.6. The summed E-state index contributed by atoms with van der Waals surface area (Å²) in [6.07, 6.45) is 0.969. The van der Waals surface area contributed by atoms with E-state index >= 15 is 0 Å². The normalized spacial score (nSPS) is 15.0. The second-order valence-electron chi connectivity index (χ2n) is 12.5. The third kappa shape index (κ3) is 9.80. The largest absolute Gasteiger partial charge is 0.486 e. The molecule has 0 bridgehead atoms. The number of anilines is 3. The lowest BCUT2D eigenvalue weighted by atomic mass is 10.2. The van der Waals surface area contributed by atoms with Gasteiger partial charge < -0.3 is 34.6 Å². The van der Waals surface area contributed by atoms with Crippen molar-refractivity contribution in [3.05, 3.63) is 72.1 Å². The molecular weight excluding hydrogens is 602 g/mol. The number of piperazine rings is 1. The molecule has 0 radical (unpaired) electrons. The molecule has 2 aliphatic rings. The molecule has 47 heavy (non-hydrogen) atoms. The zero-order chi connectivity index (χ0) is 33.4. The van der Waals surface area contributed by atoms with Crippen molar-refractivity contribution in [1.29, 1.82) is 0 Å². The highest BCUT2D eigenvalue weighted by atomic mass is 16.6. The van der Waals surface area contributed by atoms with Crippen LogP contribution in [0.15, 0.2) is 60.8 Å². The average Bonchev–Trinajstić information content (AvgIpc) is 3.04. The van der Waals surface area contributed by atoms with E-state index in [2.05, 4.69) is 37.8 Å². The number of hydrogen-bond acceptors (Lipinski definition) is 9. The summed E-state index contributed by atoms with van der Waals surface area (Å²) in [5.41, 5.74) is 1.69. The lowest BCUT2D eigenvalue weighted by molar-refractivity contribution is 0.0635. The number of nitrogens with one attached hydrogen (secondary N) is 3. The van der Waals surface area contributed by atoms with E-state index < -0.39 is 17.6 Å². The second-order valence-corrected chi connectivity index (χ2v) is 12.5. The molecular formula is C34H43N7O6. The van der Waals surface area contributed by atoms with E-state index in [4.69, 9.17) is 14.2 Å². The van der Waals surface area contributed by atoms with Gasteiger partial charge in [-0.15, -0.1) is 0 Å². The molecule has 1 fully saturated rings. The molecule has 0 unspecified atom stereocenters. The number of hydrogen-bond donors (Lipinski definition) is 3. The van der Waals surface area contributed by atoms with Crippen molar-refractivity contribution in [3.63, 3.8) is 0 Å². The zero-order valence-corrected chi connectivity index (χ0v) is 27.4. The first-order valence-electron chi connectivity index (χ1n) is 15.7. The molecule has 2 aromatic carbocycles. The van der Waals surface area contributed by atoms with E-state index in [1.54, 1.807) is 86.5 Å². The number of fused-ring (bicyclic) bond motifs is 1. The molecule has 3 aromatic rings. The molecule has 2 aliphatic heterocycles. The Morgan fingerprint density at radius 3 is 2.28 bits per heavy atom. The first-order valence-corrected chi connectivity index (χ1v) is 15.7. The summed E-state index contributed by atoms with van der Waals surface area (Å²) in [6, 6.07) is 15.3. The number of pyridine rings is 1. The van der Waals surface area contributed by atoms with Gasteiger partial charge in [0.2, 0.25) is 0 Å². The predicted molar refractivity (Wildman–Crippen MR) is 179 cm³/mol. The number of carbonyl (C=O) groups is 3. The summed E-state index contributed by atoms with van der Waals surface area (Å²) < 4.78 is 16.6. The molecule has 1 aromatic heterocycles. The lowest BCUT2D eigenvalue weighted by Gasteiger charge is -2.34. The van der Waals surface area contributed by atoms with Crippen molar-refractivity contribution < 1.29 is 28.6 Å². The van der Waals surface area contributed by atoms with E-state index in [9.17, 15) is 14.4 Å². The van der Waals surface area contributed by atoms with Crippen LogP contribution in [-0.2, 0) is 11.3 Å². The summed E-state index contributed by atoms with van der Waals surface area (Å²) in [7, 11) is 2.11. The van der Waals surface area contributed by atoms with Crippen LogP contribution in [0.2, 0.25) is 0 Å². The fourth-order valence-electron chi connectivity index (χ4n) is 5.08. The average molecular weight is 646 g/mol. The molecule has 13 heteroatoms. The van der Waals surface area contributed by atoms with Crippen LogP contribution in [0.3, 0.4) is 0 Å². The Morgan fingerprint density at radius 1 is 0.894 bits per heavy atom. The van der Waals surface area contributed by atoms with Crippen molar-refractivity contribution in [2.24, 2.45) is 0 Å². The number of para-hydroxylation sites is 2. The van der Waals surface area contributed by atoms with E-state index in [-0.39, 0.29) is 11.7 Å². The lowest BCUT2D eigenvalue weighted by Crippen LogP contribution is -2.48. The van der Waals surface area contributed by atoms with Gasteiger partial charge in [-0.2, -0.15) is 0 Å². The number of nitrogens with zero attached hydrogens (tertiary/aromatic N) is 4. The third-order valence-electron chi connectivity index (χ3n) is 7.60. The van der Waals surface area contributed by atoms with Gasteiger partial charge in [0.05, 0.1) is 11.4 Å². The molecule has 5 rings (SSSR count). The number of urea groups is 1. The Bertz CT molecular complexity index is 1550. The molecule has 0 saturated carbocycles. The minimum atomic E-state index is -0.666. The van der Waals surface area contributed by atoms with Gasteiger partial charge in [-0.25, -0.2) is 9.59 Å². The fourth-order valence-corrected chi connectivity index (χ4v) is 5.08. The zero-order valence-electron chi connectivity index (χ0n) is 27.4. The second kappa shape index (κ2) is 15.1. The highest BCUT2D eigenvalue weighted by Crippen LogP contribution is 2.32. The van der Waals surface area contributed by atoms with E-state index in [1.807, 2.05) is 0 Å². The Labute approximate surface area is 275 Å². The van der Waals surface area contributed by atoms with Crippen molar-refractivity contribution in [3.8, 4) is 11.5 Å². The van der Waals surface area contributed by atoms with Gasteiger partial charge >= 0.3 is 12.1 Å². The van der Waals surface area contributed by atoms with Gasteiger partial charge in [-0.1, -0.05) is 18.2 Å². The van der Waals surface area contributed by atoms with Crippen LogP contribution in [-0.4, -0.2) is 103 Å². The van der Waals surface area contributed by atoms with E-state index in [0.717, 1.165) is 38.3 Å². The first kappa shape index (κ1) is 33.5. The highest BCUT2D eigenvalue weighted by Gasteiger charge is 2.21. The van der Waals surface area contributed by atoms with Gasteiger partial charge in [0.15, 0.2) is 11.5 Å². The number of amides is 4. The van der Waals surface area contributed by atoms with Crippen LogP contribution < -0.4 is 25.4 Å². The van der Waals surface area contributed by atoms with Crippen molar-refractivity contribution in [2.45, 2.75) is 32.9 Å². The van der Waals surface area contributed by atoms with Gasteiger partial charge in [-0.3, -0.25) is 20.0 Å². The fraction of sp³-hybridized carbons (Fsp3) is 0.412. The third-order valence-corrected chi connectivity index (χ3v) is 7.60. The molecule has 250 valence electrons. The quantitative estimate of drug-likeness (QED) is 0.302. The number of aromatic nitrogens is 1. The van der Waals surface area contributed by atoms with Crippen LogP contribution in [0.5, 0.6) is 11.5 Å². The topological polar surface area (TPSA) is 138 Å². The van der Waals surface area contributed by atoms with Gasteiger partial charge in [0, 0.05) is 63.8 Å². The Morgan fingerprint density at radius 2 is 1.60 bits per heavy atom. The first-order chi connectivity index (χ1) is 22.5. The van der Waals surface area contributed by atoms with Crippen LogP contribution in [0, 0.1) is 0 Å². The number of likely N-dealkylation sites (N-methyl/N-ethyl adjacent to an activating group) is 1. The van der Waals surface area contributed by atoms with Crippen LogP contribution >= 0.6 is 0 Å². The molecule has 4 amide bonds. The smallest absolute Gasteiger partial charge is 0.412 e. The Balaban J connectivity index is 1.24. The summed E-state index contributed by atoms with van der Waals surface area (Å²) in [4.78, 5) is 49.8. The van der Waals surface area contributed by atoms with Crippen LogP contribution in [0.25, 0.3) is 0 Å². The molecule has 0 aliphatic carbocycles. The van der Waals surface area contributed by atoms with Gasteiger partial charge in [0.1, 0.15) is 24.5 Å². The van der Waals surface area contributed by atoms with Crippen molar-refractivity contribution in [1.82, 2.24) is 19.7 Å². The van der Waals surface area contributed by atoms with E-state index in [0.29, 0.717) is 54.9 Å². The number of ether oxygens (including phenoxy) is 3. The minimum Gasteiger partial charge on any atom is -0.486 e. The van der Waals surface area contributed by atoms with Gasteiger partial charge in [0.25, 0.3) is 5.91 Å². The molecule has 3 N–H and O–H groups in total. The predicted octanol–water partition coefficient (Wildman–Crippen LogP) is 4.73. The summed E-state index contributed by atoms with van der Waals surface area (Å²) in [5, 5.41) is 8.48. The Kier molecular flexibility index (Phi) is 10.8. The molecule has 13 nitrogen and oxygen atoms in total. The summed E-state index contributed by atoms with van der Waals surface area (Å²) >= 11 is 0. The molecule has 0 spiro atoms. The maximum Gasteiger partial charge on any atom is 0.412 e. The van der Waals surface area contributed by atoms with Crippen LogP contribution in [0.4, 0.5) is 26.7 Å². The Hall–Kier alpha value is -4.88. The SMILES string of the molecule is CN1CCN(CCN(Cc2ccc(C(=O)Nc3ccccc3NC(=O)OC(C)(C)C)nc2)C(=O)Nc2ccc3c(c2)OCCO3)CC1. The molecule has 1 saturated heterocycles. The standard InChI is InChI=1S/C34H43N7O6/c1-34(2,3)47-33(44)38-27-8-6-5-7-26(27)37-31(42)28-11-9-24(22-35-28)23-41(18-17-40-15-13-39(4)14-16-40)32(43)36-25-10-12-29-30(21-25)46-20-19-45-29/h5-12,21-22H,13-20,23H2,1-4H3,(H,36,43)(H,37,42)(H,38,44). The van der Waals surface area contributed by atoms with Crippen molar-refractivity contribution in [2.75, 3.05) is 75.5 Å². The number of rotatable bonds is 9. The number of carbonyl (C=O) groups excluding carboxylic acids is 3. The summed E-state index contributed by atoms with van der Waals surface area (Å²) in [6.45, 7) is 11.6. The minimum absolute atomic E-state index is 0.186. The van der Waals surface area contributed by atoms with Crippen molar-refractivity contribution >= 4 is 35.1 Å². The monoisotopic (exact) mass is 645 g/mol.